The topological polar surface area (TPSA) is 69.7 Å². The van der Waals surface area contributed by atoms with Gasteiger partial charge in [0, 0.05) is 79.5 Å². The number of benzene rings is 10. The Kier molecular flexibility index (Phi) is 10.1. The molecule has 10 aromatic carbocycles. The third-order valence-corrected chi connectivity index (χ3v) is 20.3. The van der Waals surface area contributed by atoms with Gasteiger partial charge in [0.05, 0.1) is 0 Å². The fourth-order valence-corrected chi connectivity index (χ4v) is 16.1. The Bertz CT molecular complexity index is 5070. The molecule has 0 amide bonds. The van der Waals surface area contributed by atoms with Gasteiger partial charge in [0.1, 0.15) is 22.7 Å². The Morgan fingerprint density at radius 1 is 0.432 bits per heavy atom. The maximum absolute atomic E-state index is 6.82. The Morgan fingerprint density at radius 2 is 0.943 bits per heavy atom. The number of nitrogens with zero attached hydrogens (tertiary/aromatic N) is 2. The quantitative estimate of drug-likeness (QED) is 0.153. The molecule has 2 atom stereocenters. The van der Waals surface area contributed by atoms with Crippen molar-refractivity contribution >= 4 is 79.2 Å². The number of allylic oxidation sites excluding steroid dienone is 4. The summed E-state index contributed by atoms with van der Waals surface area (Å²) >= 11 is 0. The molecule has 3 aliphatic carbocycles. The molecule has 4 aliphatic heterocycles. The van der Waals surface area contributed by atoms with Crippen LogP contribution in [0.5, 0.6) is 23.0 Å². The van der Waals surface area contributed by atoms with E-state index in [4.69, 9.17) is 27.8 Å². The summed E-state index contributed by atoms with van der Waals surface area (Å²) in [6.07, 6.45) is 9.21. The minimum absolute atomic E-state index is 0.0726. The SMILES string of the molecule is Cc1cc2c3c(c1)N(c1cc(-c4ccc5c(c4)C(C)(C)C4C=CC=CC54)cc(-c4cc5ccccc5o4)c1)c1cc4c(cc1B3c1cc3c(cc1N2c1cc(-c2ccc5c(c2)C(C)(C)c2ccccc2-5)cc(-c2cc5ccccc5o2)c1)OCO3)OCO4. The third-order valence-electron chi connectivity index (χ3n) is 20.3. The van der Waals surface area contributed by atoms with Crippen LogP contribution < -0.4 is 45.1 Å². The summed E-state index contributed by atoms with van der Waals surface area (Å²) in [6, 6.07) is 71.4. The van der Waals surface area contributed by atoms with Crippen molar-refractivity contribution in [2.75, 3.05) is 23.4 Å². The molecule has 9 heteroatoms. The average molecular weight is 1140 g/mol. The van der Waals surface area contributed by atoms with Gasteiger partial charge >= 0.3 is 0 Å². The molecule has 0 N–H and O–H groups in total. The Morgan fingerprint density at radius 3 is 1.55 bits per heavy atom. The molecule has 422 valence electrons. The van der Waals surface area contributed by atoms with Gasteiger partial charge in [-0.05, 0) is 187 Å². The van der Waals surface area contributed by atoms with Crippen LogP contribution in [0.2, 0.25) is 0 Å². The van der Waals surface area contributed by atoms with Crippen molar-refractivity contribution in [3.8, 4) is 79.0 Å². The van der Waals surface area contributed by atoms with Crippen LogP contribution in [-0.2, 0) is 10.8 Å². The Balaban J connectivity index is 0.860. The molecule has 2 aromatic heterocycles. The molecule has 88 heavy (non-hydrogen) atoms. The molecule has 0 spiro atoms. The molecule has 2 unspecified atom stereocenters. The van der Waals surface area contributed by atoms with E-state index in [1.165, 1.54) is 33.4 Å². The van der Waals surface area contributed by atoms with Gasteiger partial charge in [-0.1, -0.05) is 143 Å². The summed E-state index contributed by atoms with van der Waals surface area (Å²) in [5.74, 6) is 5.15. The van der Waals surface area contributed by atoms with Crippen molar-refractivity contribution in [2.45, 2.75) is 51.4 Å². The van der Waals surface area contributed by atoms with Crippen LogP contribution in [0.25, 0.3) is 78.0 Å². The highest BCUT2D eigenvalue weighted by Gasteiger charge is 2.47. The number of fused-ring (bicyclic) bond motifs is 14. The normalized spacial score (nSPS) is 17.7. The number of anilines is 6. The predicted molar refractivity (Wildman–Crippen MR) is 354 cm³/mol. The molecule has 12 aromatic rings. The van der Waals surface area contributed by atoms with E-state index in [0.717, 1.165) is 123 Å². The van der Waals surface area contributed by atoms with Gasteiger partial charge in [-0.15, -0.1) is 0 Å². The molecule has 0 bridgehead atoms. The lowest BCUT2D eigenvalue weighted by Gasteiger charge is -2.44. The fraction of sp³-hybridized carbons (Fsp3) is 0.139. The van der Waals surface area contributed by atoms with E-state index in [0.29, 0.717) is 34.8 Å². The van der Waals surface area contributed by atoms with Gasteiger partial charge in [-0.3, -0.25) is 0 Å². The molecule has 0 radical (unpaired) electrons. The number of hydrogen-bond acceptors (Lipinski definition) is 8. The van der Waals surface area contributed by atoms with Gasteiger partial charge in [-0.25, -0.2) is 0 Å². The maximum Gasteiger partial charge on any atom is 0.252 e. The minimum atomic E-state index is -0.269. The molecule has 6 heterocycles. The highest BCUT2D eigenvalue weighted by Crippen LogP contribution is 2.56. The van der Waals surface area contributed by atoms with Gasteiger partial charge in [0.25, 0.3) is 6.71 Å². The zero-order valence-electron chi connectivity index (χ0n) is 49.3. The molecular formula is C79H57BN2O6. The monoisotopic (exact) mass is 1140 g/mol. The molecule has 19 rings (SSSR count). The first-order valence-corrected chi connectivity index (χ1v) is 30.6. The second-order valence-electron chi connectivity index (χ2n) is 26.0. The molecule has 8 nitrogen and oxygen atoms in total. The standard InChI is InChI=1S/C79H57BN2O6/c1-44-26-67-77-68(27-44)82(54-31-50(29-52(33-54)72-37-48-15-7-13-21-70(48)88-72)46-23-25-58-56-17-9-11-19-60(56)79(4,5)62(58)35-46)66-41-76-74(84-43-86-76)39-64(66)80(77)63-38-73-75(85-42-83-73)40-65(63)81(67)53-30-49(28-51(32-53)71-36-47-14-6-12-20-69(47)87-71)45-22-24-57-55-16-8-10-18-59(55)78(2,3)61(57)34-45/h6-41,55,59H,42-43H2,1-5H3. The number of hydrogen-bond donors (Lipinski definition) is 0. The van der Waals surface area contributed by atoms with Crippen LogP contribution in [0, 0.1) is 12.8 Å². The van der Waals surface area contributed by atoms with E-state index in [-0.39, 0.29) is 31.1 Å². The van der Waals surface area contributed by atoms with E-state index in [9.17, 15) is 0 Å². The van der Waals surface area contributed by atoms with E-state index in [1.54, 1.807) is 0 Å². The Labute approximate surface area is 510 Å². The summed E-state index contributed by atoms with van der Waals surface area (Å²) < 4.78 is 39.0. The zero-order valence-corrected chi connectivity index (χ0v) is 49.3. The van der Waals surface area contributed by atoms with Crippen molar-refractivity contribution in [1.82, 2.24) is 0 Å². The maximum atomic E-state index is 6.82. The number of aryl methyl sites for hydroxylation is 1. The van der Waals surface area contributed by atoms with Crippen molar-refractivity contribution in [1.29, 1.82) is 0 Å². The van der Waals surface area contributed by atoms with E-state index in [1.807, 2.05) is 24.3 Å². The highest BCUT2D eigenvalue weighted by molar-refractivity contribution is 7.00. The molecule has 0 fully saturated rings. The lowest BCUT2D eigenvalue weighted by atomic mass is 9.33. The van der Waals surface area contributed by atoms with E-state index < -0.39 is 0 Å². The first-order chi connectivity index (χ1) is 43.0. The number of rotatable bonds is 6. The van der Waals surface area contributed by atoms with Crippen molar-refractivity contribution in [2.24, 2.45) is 5.92 Å². The van der Waals surface area contributed by atoms with Gasteiger partial charge < -0.3 is 37.6 Å². The van der Waals surface area contributed by atoms with Crippen LogP contribution in [-0.4, -0.2) is 20.3 Å². The number of para-hydroxylation sites is 2. The smallest absolute Gasteiger partial charge is 0.252 e. The predicted octanol–water partition coefficient (Wildman–Crippen LogP) is 18.1. The fourth-order valence-electron chi connectivity index (χ4n) is 16.1. The Hall–Kier alpha value is -10.4. The van der Waals surface area contributed by atoms with Crippen molar-refractivity contribution in [3.05, 3.63) is 246 Å². The van der Waals surface area contributed by atoms with Gasteiger partial charge in [0.15, 0.2) is 23.0 Å². The summed E-state index contributed by atoms with van der Waals surface area (Å²) in [5, 5.41) is 2.10. The molecular weight excluding hydrogens is 1080 g/mol. The third kappa shape index (κ3) is 7.10. The second-order valence-corrected chi connectivity index (χ2v) is 26.0. The second kappa shape index (κ2) is 17.9. The molecule has 0 saturated carbocycles. The summed E-state index contributed by atoms with van der Waals surface area (Å²) in [4.78, 5) is 4.93. The lowest BCUT2D eigenvalue weighted by molar-refractivity contribution is 0.173. The largest absolute Gasteiger partial charge is 0.456 e. The first-order valence-electron chi connectivity index (χ1n) is 30.6. The van der Waals surface area contributed by atoms with Crippen LogP contribution in [0.4, 0.5) is 34.1 Å². The van der Waals surface area contributed by atoms with Gasteiger partial charge in [-0.2, -0.15) is 0 Å². The highest BCUT2D eigenvalue weighted by atomic mass is 16.7. The average Bonchev–Trinajstić information content (AvgIpc) is 0.906. The van der Waals surface area contributed by atoms with Crippen LogP contribution >= 0.6 is 0 Å². The molecule has 0 saturated heterocycles. The summed E-state index contributed by atoms with van der Waals surface area (Å²) in [5.41, 5.74) is 26.3. The number of ether oxygens (including phenoxy) is 4. The van der Waals surface area contributed by atoms with Crippen LogP contribution in [0.15, 0.2) is 227 Å². The van der Waals surface area contributed by atoms with E-state index in [2.05, 4.69) is 239 Å². The minimum Gasteiger partial charge on any atom is -0.456 e. The summed E-state index contributed by atoms with van der Waals surface area (Å²) in [6.45, 7) is 11.7. The summed E-state index contributed by atoms with van der Waals surface area (Å²) in [7, 11) is 0. The lowest BCUT2D eigenvalue weighted by Crippen LogP contribution is -2.61. The van der Waals surface area contributed by atoms with Crippen molar-refractivity contribution < 1.29 is 27.8 Å². The molecule has 7 aliphatic rings. The van der Waals surface area contributed by atoms with E-state index >= 15 is 0 Å². The van der Waals surface area contributed by atoms with Crippen LogP contribution in [0.1, 0.15) is 61.4 Å². The zero-order chi connectivity index (χ0) is 58.5. The van der Waals surface area contributed by atoms with Crippen molar-refractivity contribution in [3.63, 3.8) is 0 Å². The van der Waals surface area contributed by atoms with Gasteiger partial charge in [0.2, 0.25) is 13.6 Å². The first kappa shape index (κ1) is 49.8. The van der Waals surface area contributed by atoms with Crippen LogP contribution in [0.3, 0.4) is 0 Å². The number of furan rings is 2.